The number of carbonyl (C=O) groups excluding carboxylic acids is 1. The van der Waals surface area contributed by atoms with Crippen LogP contribution in [0.15, 0.2) is 0 Å². The van der Waals surface area contributed by atoms with Crippen LogP contribution in [0.3, 0.4) is 0 Å². The van der Waals surface area contributed by atoms with Gasteiger partial charge in [0.25, 0.3) is 0 Å². The Bertz CT molecular complexity index is 298. The van der Waals surface area contributed by atoms with Crippen LogP contribution in [0, 0.1) is 0 Å². The summed E-state index contributed by atoms with van der Waals surface area (Å²) in [7, 11) is 0. The SMILES string of the molecule is CCOCCN1CCN(CCC(=O)N2CCCCC2)CC1. The number of piperazine rings is 1. The lowest BCUT2D eigenvalue weighted by Gasteiger charge is -2.35. The molecule has 1 amide bonds. The number of amides is 1. The van der Waals surface area contributed by atoms with Gasteiger partial charge in [0.15, 0.2) is 0 Å². The zero-order valence-corrected chi connectivity index (χ0v) is 13.6. The Morgan fingerprint density at radius 3 is 2.14 bits per heavy atom. The zero-order valence-electron chi connectivity index (χ0n) is 13.6. The average molecular weight is 297 g/mol. The topological polar surface area (TPSA) is 36.0 Å². The van der Waals surface area contributed by atoms with E-state index in [-0.39, 0.29) is 0 Å². The molecule has 2 heterocycles. The first-order valence-electron chi connectivity index (χ1n) is 8.60. The Balaban J connectivity index is 1.57. The monoisotopic (exact) mass is 297 g/mol. The van der Waals surface area contributed by atoms with Gasteiger partial charge in [-0.2, -0.15) is 0 Å². The lowest BCUT2D eigenvalue weighted by molar-refractivity contribution is -0.132. The van der Waals surface area contributed by atoms with Gasteiger partial charge in [0.1, 0.15) is 0 Å². The van der Waals surface area contributed by atoms with E-state index in [2.05, 4.69) is 14.7 Å². The molecule has 0 aromatic carbocycles. The number of hydrogen-bond acceptors (Lipinski definition) is 4. The van der Waals surface area contributed by atoms with Crippen LogP contribution in [0.2, 0.25) is 0 Å². The minimum atomic E-state index is 0.355. The molecule has 0 spiro atoms. The molecule has 0 aliphatic carbocycles. The maximum atomic E-state index is 12.2. The van der Waals surface area contributed by atoms with Gasteiger partial charge in [-0.25, -0.2) is 0 Å². The second kappa shape index (κ2) is 9.38. The van der Waals surface area contributed by atoms with E-state index in [0.717, 1.165) is 65.6 Å². The summed E-state index contributed by atoms with van der Waals surface area (Å²) in [5.41, 5.74) is 0. The van der Waals surface area contributed by atoms with E-state index in [1.54, 1.807) is 0 Å². The van der Waals surface area contributed by atoms with E-state index in [9.17, 15) is 4.79 Å². The first kappa shape index (κ1) is 16.7. The molecular weight excluding hydrogens is 266 g/mol. The summed E-state index contributed by atoms with van der Waals surface area (Å²) in [6, 6.07) is 0. The molecule has 0 N–H and O–H groups in total. The molecular formula is C16H31N3O2. The lowest BCUT2D eigenvalue weighted by Crippen LogP contribution is -2.48. The number of hydrogen-bond donors (Lipinski definition) is 0. The van der Waals surface area contributed by atoms with E-state index in [1.165, 1.54) is 19.3 Å². The molecule has 21 heavy (non-hydrogen) atoms. The van der Waals surface area contributed by atoms with Crippen LogP contribution in [-0.2, 0) is 9.53 Å². The zero-order chi connectivity index (χ0) is 14.9. The number of rotatable bonds is 7. The van der Waals surface area contributed by atoms with Crippen molar-refractivity contribution >= 4 is 5.91 Å². The van der Waals surface area contributed by atoms with Crippen LogP contribution in [0.25, 0.3) is 0 Å². The van der Waals surface area contributed by atoms with Crippen LogP contribution in [0.5, 0.6) is 0 Å². The molecule has 0 unspecified atom stereocenters. The van der Waals surface area contributed by atoms with Crippen molar-refractivity contribution in [3.8, 4) is 0 Å². The van der Waals surface area contributed by atoms with Crippen molar-refractivity contribution < 1.29 is 9.53 Å². The van der Waals surface area contributed by atoms with Crippen molar-refractivity contribution in [3.05, 3.63) is 0 Å². The number of carbonyl (C=O) groups is 1. The Morgan fingerprint density at radius 1 is 0.905 bits per heavy atom. The molecule has 2 saturated heterocycles. The number of nitrogens with zero attached hydrogens (tertiary/aromatic N) is 3. The van der Waals surface area contributed by atoms with Crippen molar-refractivity contribution in [1.82, 2.24) is 14.7 Å². The fourth-order valence-corrected chi connectivity index (χ4v) is 3.13. The molecule has 5 heteroatoms. The van der Waals surface area contributed by atoms with E-state index in [4.69, 9.17) is 4.74 Å². The fourth-order valence-electron chi connectivity index (χ4n) is 3.13. The highest BCUT2D eigenvalue weighted by Crippen LogP contribution is 2.10. The molecule has 2 fully saturated rings. The van der Waals surface area contributed by atoms with Gasteiger partial charge in [0, 0.05) is 65.4 Å². The van der Waals surface area contributed by atoms with Crippen LogP contribution in [0.4, 0.5) is 0 Å². The van der Waals surface area contributed by atoms with Crippen LogP contribution >= 0.6 is 0 Å². The third kappa shape index (κ3) is 5.93. The van der Waals surface area contributed by atoms with Gasteiger partial charge < -0.3 is 14.5 Å². The third-order valence-electron chi connectivity index (χ3n) is 4.57. The average Bonchev–Trinajstić information content (AvgIpc) is 2.55. The van der Waals surface area contributed by atoms with Gasteiger partial charge in [-0.3, -0.25) is 9.69 Å². The summed E-state index contributed by atoms with van der Waals surface area (Å²) in [5.74, 6) is 0.355. The summed E-state index contributed by atoms with van der Waals surface area (Å²) in [6.07, 6.45) is 4.35. The van der Waals surface area contributed by atoms with Crippen LogP contribution < -0.4 is 0 Å². The van der Waals surface area contributed by atoms with Gasteiger partial charge in [-0.15, -0.1) is 0 Å². The van der Waals surface area contributed by atoms with Crippen molar-refractivity contribution in [2.45, 2.75) is 32.6 Å². The molecule has 2 aliphatic rings. The van der Waals surface area contributed by atoms with E-state index in [0.29, 0.717) is 12.3 Å². The Hall–Kier alpha value is -0.650. The van der Waals surface area contributed by atoms with E-state index in [1.807, 2.05) is 6.92 Å². The molecule has 0 bridgehead atoms. The molecule has 0 aromatic heterocycles. The summed E-state index contributed by atoms with van der Waals surface area (Å²) in [5, 5.41) is 0. The Labute approximate surface area is 129 Å². The van der Waals surface area contributed by atoms with Gasteiger partial charge in [-0.05, 0) is 26.2 Å². The predicted molar refractivity (Wildman–Crippen MR) is 84.4 cm³/mol. The van der Waals surface area contributed by atoms with Crippen molar-refractivity contribution in [2.24, 2.45) is 0 Å². The maximum absolute atomic E-state index is 12.2. The molecule has 0 radical (unpaired) electrons. The second-order valence-electron chi connectivity index (χ2n) is 6.07. The van der Waals surface area contributed by atoms with E-state index >= 15 is 0 Å². The second-order valence-corrected chi connectivity index (χ2v) is 6.07. The van der Waals surface area contributed by atoms with Crippen molar-refractivity contribution in [1.29, 1.82) is 0 Å². The van der Waals surface area contributed by atoms with Gasteiger partial charge in [0.2, 0.25) is 5.91 Å². The quantitative estimate of drug-likeness (QED) is 0.658. The molecule has 0 saturated carbocycles. The van der Waals surface area contributed by atoms with Crippen LogP contribution in [-0.4, -0.2) is 86.2 Å². The Kier molecular flexibility index (Phi) is 7.47. The minimum absolute atomic E-state index is 0.355. The maximum Gasteiger partial charge on any atom is 0.223 e. The van der Waals surface area contributed by atoms with Gasteiger partial charge in [-0.1, -0.05) is 0 Å². The summed E-state index contributed by atoms with van der Waals surface area (Å²) in [6.45, 7) is 12.0. The van der Waals surface area contributed by atoms with Gasteiger partial charge >= 0.3 is 0 Å². The largest absolute Gasteiger partial charge is 0.380 e. The highest BCUT2D eigenvalue weighted by molar-refractivity contribution is 5.76. The Morgan fingerprint density at radius 2 is 1.52 bits per heavy atom. The molecule has 2 rings (SSSR count). The first-order valence-corrected chi connectivity index (χ1v) is 8.60. The smallest absolute Gasteiger partial charge is 0.223 e. The first-order chi connectivity index (χ1) is 10.3. The number of likely N-dealkylation sites (tertiary alicyclic amines) is 1. The lowest BCUT2D eigenvalue weighted by atomic mass is 10.1. The normalized spacial score (nSPS) is 21.7. The fraction of sp³-hybridized carbons (Fsp3) is 0.938. The molecule has 122 valence electrons. The minimum Gasteiger partial charge on any atom is -0.380 e. The summed E-state index contributed by atoms with van der Waals surface area (Å²) in [4.78, 5) is 19.1. The predicted octanol–water partition coefficient (Wildman–Crippen LogP) is 1.04. The number of piperidine rings is 1. The van der Waals surface area contributed by atoms with E-state index < -0.39 is 0 Å². The van der Waals surface area contributed by atoms with Gasteiger partial charge in [0.05, 0.1) is 6.61 Å². The molecule has 0 atom stereocenters. The van der Waals surface area contributed by atoms with Crippen molar-refractivity contribution in [2.75, 3.05) is 65.6 Å². The highest BCUT2D eigenvalue weighted by Gasteiger charge is 2.20. The van der Waals surface area contributed by atoms with Crippen LogP contribution in [0.1, 0.15) is 32.6 Å². The molecule has 2 aliphatic heterocycles. The summed E-state index contributed by atoms with van der Waals surface area (Å²) < 4.78 is 5.40. The number of ether oxygens (including phenoxy) is 1. The standard InChI is InChI=1S/C16H31N3O2/c1-2-21-15-14-18-12-10-17(11-13-18)9-6-16(20)19-7-4-3-5-8-19/h2-15H2,1H3. The molecule has 0 aromatic rings. The highest BCUT2D eigenvalue weighted by atomic mass is 16.5. The third-order valence-corrected chi connectivity index (χ3v) is 4.57. The molecule has 5 nitrogen and oxygen atoms in total. The summed E-state index contributed by atoms with van der Waals surface area (Å²) >= 11 is 0. The van der Waals surface area contributed by atoms with Crippen molar-refractivity contribution in [3.63, 3.8) is 0 Å².